The number of amides is 3. The monoisotopic (exact) mass is 420 g/mol. The van der Waals surface area contributed by atoms with Crippen molar-refractivity contribution in [3.05, 3.63) is 34.6 Å². The van der Waals surface area contributed by atoms with Crippen molar-refractivity contribution in [1.82, 2.24) is 9.80 Å². The summed E-state index contributed by atoms with van der Waals surface area (Å²) in [6, 6.07) is 2.47. The average molecular weight is 421 g/mol. The van der Waals surface area contributed by atoms with E-state index < -0.39 is 31.7 Å². The lowest BCUT2D eigenvalue weighted by atomic mass is 10.0. The van der Waals surface area contributed by atoms with Crippen LogP contribution < -0.4 is 0 Å². The highest BCUT2D eigenvalue weighted by Gasteiger charge is 2.43. The summed E-state index contributed by atoms with van der Waals surface area (Å²) in [5.74, 6) is -1.99. The lowest BCUT2D eigenvalue weighted by Gasteiger charge is -2.35. The fourth-order valence-corrected chi connectivity index (χ4v) is 4.26. The maximum atomic E-state index is 14.3. The number of piperidine rings is 1. The zero-order chi connectivity index (χ0) is 21.3. The smallest absolute Gasteiger partial charge is 0.255 e. The first kappa shape index (κ1) is 21.3. The number of imide groups is 1. The highest BCUT2D eigenvalue weighted by atomic mass is 28.3. The number of hydrogen-bond donors (Lipinski definition) is 0. The second-order valence-electron chi connectivity index (χ2n) is 8.64. The van der Waals surface area contributed by atoms with Gasteiger partial charge in [-0.3, -0.25) is 24.1 Å². The lowest BCUT2D eigenvalue weighted by molar-refractivity contribution is -0.158. The van der Waals surface area contributed by atoms with Crippen LogP contribution in [0.1, 0.15) is 39.1 Å². The number of halogens is 1. The van der Waals surface area contributed by atoms with Crippen LogP contribution >= 0.6 is 0 Å². The average Bonchev–Trinajstić information content (AvgIpc) is 2.97. The standard InChI is InChI=1S/C20H25FN2O5Si/c1-29(2,3)7-6-28-12-23-18(25)5-4-17(20(23)27)22-10-15-14(19(22)26)8-13(11-24)9-16(15)21/h8-9,11,17H,4-7,10,12H2,1-3H3. The third kappa shape index (κ3) is 4.45. The summed E-state index contributed by atoms with van der Waals surface area (Å²) < 4.78 is 19.8. The first-order chi connectivity index (χ1) is 13.6. The molecule has 3 amide bonds. The van der Waals surface area contributed by atoms with Crippen molar-refractivity contribution < 1.29 is 28.3 Å². The molecular formula is C20H25FN2O5Si. The lowest BCUT2D eigenvalue weighted by Crippen LogP contribution is -2.55. The molecule has 1 aromatic carbocycles. The largest absolute Gasteiger partial charge is 0.361 e. The topological polar surface area (TPSA) is 84.0 Å². The Morgan fingerprint density at radius 2 is 1.97 bits per heavy atom. The maximum Gasteiger partial charge on any atom is 0.255 e. The quantitative estimate of drug-likeness (QED) is 0.293. The van der Waals surface area contributed by atoms with Crippen LogP contribution in [0.25, 0.3) is 0 Å². The molecule has 1 saturated heterocycles. The minimum Gasteiger partial charge on any atom is -0.361 e. The van der Waals surface area contributed by atoms with Gasteiger partial charge in [-0.2, -0.15) is 0 Å². The van der Waals surface area contributed by atoms with Crippen molar-refractivity contribution in [2.75, 3.05) is 13.3 Å². The molecule has 1 fully saturated rings. The Kier molecular flexibility index (Phi) is 5.99. The van der Waals surface area contributed by atoms with Crippen molar-refractivity contribution in [2.45, 2.75) is 51.1 Å². The van der Waals surface area contributed by atoms with E-state index in [-0.39, 0.29) is 48.7 Å². The van der Waals surface area contributed by atoms with Crippen LogP contribution in [-0.2, 0) is 20.9 Å². The zero-order valence-electron chi connectivity index (χ0n) is 16.9. The van der Waals surface area contributed by atoms with Crippen LogP contribution in [0.15, 0.2) is 12.1 Å². The van der Waals surface area contributed by atoms with Crippen LogP contribution in [0.4, 0.5) is 4.39 Å². The third-order valence-corrected chi connectivity index (χ3v) is 6.95. The molecule has 0 radical (unpaired) electrons. The minimum atomic E-state index is -1.30. The van der Waals surface area contributed by atoms with Crippen LogP contribution in [0, 0.1) is 5.82 Å². The molecule has 7 nitrogen and oxygen atoms in total. The Balaban J connectivity index is 1.72. The molecule has 2 heterocycles. The minimum absolute atomic E-state index is 0.0615. The number of benzene rings is 1. The summed E-state index contributed by atoms with van der Waals surface area (Å²) in [6.07, 6.45) is 0.768. The molecule has 0 aliphatic carbocycles. The molecule has 29 heavy (non-hydrogen) atoms. The summed E-state index contributed by atoms with van der Waals surface area (Å²) in [7, 11) is -1.30. The van der Waals surface area contributed by atoms with Gasteiger partial charge in [0.05, 0.1) is 6.54 Å². The Morgan fingerprint density at radius 3 is 2.62 bits per heavy atom. The zero-order valence-corrected chi connectivity index (χ0v) is 17.9. The SMILES string of the molecule is C[Si](C)(C)CCOCN1C(=O)CCC(N2Cc3c(F)cc(C=O)cc3C2=O)C1=O. The number of likely N-dealkylation sites (tertiary alicyclic amines) is 1. The van der Waals surface area contributed by atoms with Crippen molar-refractivity contribution in [3.8, 4) is 0 Å². The van der Waals surface area contributed by atoms with E-state index in [4.69, 9.17) is 4.74 Å². The van der Waals surface area contributed by atoms with Gasteiger partial charge in [0.1, 0.15) is 24.9 Å². The summed E-state index contributed by atoms with van der Waals surface area (Å²) in [6.45, 7) is 6.87. The Morgan fingerprint density at radius 1 is 1.24 bits per heavy atom. The van der Waals surface area contributed by atoms with E-state index >= 15 is 0 Å². The van der Waals surface area contributed by atoms with Gasteiger partial charge in [-0.1, -0.05) is 19.6 Å². The fourth-order valence-electron chi connectivity index (χ4n) is 3.51. The molecule has 1 unspecified atom stereocenters. The Labute approximate surface area is 169 Å². The Bertz CT molecular complexity index is 867. The molecule has 0 saturated carbocycles. The molecule has 156 valence electrons. The predicted octanol–water partition coefficient (Wildman–Crippen LogP) is 2.42. The van der Waals surface area contributed by atoms with Crippen molar-refractivity contribution >= 4 is 32.1 Å². The van der Waals surface area contributed by atoms with Crippen LogP contribution in [-0.4, -0.2) is 61.3 Å². The van der Waals surface area contributed by atoms with E-state index in [0.717, 1.165) is 17.0 Å². The van der Waals surface area contributed by atoms with Gasteiger partial charge in [0.15, 0.2) is 0 Å². The van der Waals surface area contributed by atoms with Crippen molar-refractivity contribution in [3.63, 3.8) is 0 Å². The van der Waals surface area contributed by atoms with Gasteiger partial charge in [0, 0.05) is 37.8 Å². The van der Waals surface area contributed by atoms with Crippen molar-refractivity contribution in [1.29, 1.82) is 0 Å². The number of ether oxygens (including phenoxy) is 1. The number of fused-ring (bicyclic) bond motifs is 1. The number of hydrogen-bond acceptors (Lipinski definition) is 5. The number of aldehydes is 1. The molecule has 0 N–H and O–H groups in total. The van der Waals surface area contributed by atoms with Gasteiger partial charge < -0.3 is 9.64 Å². The second kappa shape index (κ2) is 8.15. The summed E-state index contributed by atoms with van der Waals surface area (Å²) in [4.78, 5) is 51.2. The van der Waals surface area contributed by atoms with E-state index in [0.29, 0.717) is 12.9 Å². The number of carbonyl (C=O) groups excluding carboxylic acids is 4. The molecule has 2 aliphatic rings. The van der Waals surface area contributed by atoms with Crippen LogP contribution in [0.3, 0.4) is 0 Å². The maximum absolute atomic E-state index is 14.3. The molecular weight excluding hydrogens is 395 g/mol. The highest BCUT2D eigenvalue weighted by molar-refractivity contribution is 6.76. The van der Waals surface area contributed by atoms with Gasteiger partial charge in [-0.25, -0.2) is 4.39 Å². The molecule has 0 aromatic heterocycles. The van der Waals surface area contributed by atoms with Crippen LogP contribution in [0.5, 0.6) is 0 Å². The van der Waals surface area contributed by atoms with E-state index in [9.17, 15) is 23.6 Å². The molecule has 0 spiro atoms. The van der Waals surface area contributed by atoms with Gasteiger partial charge in [-0.15, -0.1) is 0 Å². The number of carbonyl (C=O) groups is 4. The van der Waals surface area contributed by atoms with Gasteiger partial charge >= 0.3 is 0 Å². The van der Waals surface area contributed by atoms with Gasteiger partial charge in [0.25, 0.3) is 11.8 Å². The summed E-state index contributed by atoms with van der Waals surface area (Å²) in [5, 5.41) is 0. The van der Waals surface area contributed by atoms with Crippen LogP contribution in [0.2, 0.25) is 25.7 Å². The summed E-state index contributed by atoms with van der Waals surface area (Å²) >= 11 is 0. The van der Waals surface area contributed by atoms with E-state index in [1.165, 1.54) is 11.0 Å². The first-order valence-electron chi connectivity index (χ1n) is 9.63. The highest BCUT2D eigenvalue weighted by Crippen LogP contribution is 2.31. The first-order valence-corrected chi connectivity index (χ1v) is 13.3. The van der Waals surface area contributed by atoms with Gasteiger partial charge in [0.2, 0.25) is 5.91 Å². The van der Waals surface area contributed by atoms with Gasteiger partial charge in [-0.05, 0) is 24.6 Å². The number of nitrogens with zero attached hydrogens (tertiary/aromatic N) is 2. The number of rotatable bonds is 7. The summed E-state index contributed by atoms with van der Waals surface area (Å²) in [5.41, 5.74) is 0.331. The van der Waals surface area contributed by atoms with Crippen molar-refractivity contribution in [2.24, 2.45) is 0 Å². The fraction of sp³-hybridized carbons (Fsp3) is 0.500. The predicted molar refractivity (Wildman–Crippen MR) is 106 cm³/mol. The molecule has 1 aromatic rings. The third-order valence-electron chi connectivity index (χ3n) is 5.25. The van der Waals surface area contributed by atoms with E-state index in [2.05, 4.69) is 19.6 Å². The Hall–Kier alpha value is -2.39. The normalized spacial score (nSPS) is 19.7. The van der Waals surface area contributed by atoms with E-state index in [1.807, 2.05) is 0 Å². The second-order valence-corrected chi connectivity index (χ2v) is 14.3. The molecule has 1 atom stereocenters. The molecule has 3 rings (SSSR count). The van der Waals surface area contributed by atoms with E-state index in [1.54, 1.807) is 0 Å². The molecule has 0 bridgehead atoms. The molecule has 9 heteroatoms. The molecule has 2 aliphatic heterocycles.